The van der Waals surface area contributed by atoms with Gasteiger partial charge in [-0.05, 0) is 42.7 Å². The molecule has 4 rings (SSSR count). The van der Waals surface area contributed by atoms with Gasteiger partial charge in [0.15, 0.2) is 9.84 Å². The Balaban J connectivity index is 1.32. The number of hydrogen-bond acceptors (Lipinski definition) is 5. The van der Waals surface area contributed by atoms with Crippen LogP contribution in [-0.2, 0) is 26.9 Å². The van der Waals surface area contributed by atoms with Crippen LogP contribution in [-0.4, -0.2) is 36.1 Å². The van der Waals surface area contributed by atoms with Crippen LogP contribution in [0.1, 0.15) is 41.6 Å². The summed E-state index contributed by atoms with van der Waals surface area (Å²) < 4.78 is 26.5. The number of aromatic nitrogens is 2. The third-order valence-corrected chi connectivity index (χ3v) is 7.30. The molecule has 1 aromatic heterocycles. The Morgan fingerprint density at radius 1 is 1.00 bits per heavy atom. The van der Waals surface area contributed by atoms with Crippen molar-refractivity contribution in [3.63, 3.8) is 0 Å². The van der Waals surface area contributed by atoms with E-state index in [0.29, 0.717) is 16.8 Å². The van der Waals surface area contributed by atoms with Crippen LogP contribution in [0.3, 0.4) is 0 Å². The van der Waals surface area contributed by atoms with Gasteiger partial charge in [-0.25, -0.2) is 8.42 Å². The molecule has 3 aromatic rings. The van der Waals surface area contributed by atoms with Crippen LogP contribution in [0.4, 0.5) is 5.69 Å². The number of nitrogens with one attached hydrogen (secondary N) is 2. The lowest BCUT2D eigenvalue weighted by Crippen LogP contribution is -2.35. The fourth-order valence-corrected chi connectivity index (χ4v) is 5.26. The first kappa shape index (κ1) is 22.7. The van der Waals surface area contributed by atoms with Crippen molar-refractivity contribution in [3.8, 4) is 0 Å². The molecule has 0 unspecified atom stereocenters. The van der Waals surface area contributed by atoms with Crippen molar-refractivity contribution < 1.29 is 18.0 Å². The minimum absolute atomic E-state index is 0.0936. The molecule has 172 valence electrons. The minimum Gasteiger partial charge on any atom is -0.352 e. The normalized spacial score (nSPS) is 14.2. The zero-order valence-electron chi connectivity index (χ0n) is 18.1. The first-order valence-corrected chi connectivity index (χ1v) is 12.5. The van der Waals surface area contributed by atoms with E-state index in [9.17, 15) is 18.0 Å². The minimum atomic E-state index is -3.45. The third-order valence-electron chi connectivity index (χ3n) is 5.59. The molecular formula is C24H26N4O4S. The van der Waals surface area contributed by atoms with Crippen molar-refractivity contribution >= 4 is 27.3 Å². The van der Waals surface area contributed by atoms with Gasteiger partial charge in [-0.3, -0.25) is 14.3 Å². The van der Waals surface area contributed by atoms with Gasteiger partial charge in [0, 0.05) is 17.8 Å². The Bertz CT molecular complexity index is 1210. The van der Waals surface area contributed by atoms with Gasteiger partial charge >= 0.3 is 0 Å². The molecule has 1 heterocycles. The molecule has 1 fully saturated rings. The Morgan fingerprint density at radius 3 is 2.39 bits per heavy atom. The van der Waals surface area contributed by atoms with Crippen LogP contribution >= 0.6 is 0 Å². The lowest BCUT2D eigenvalue weighted by Gasteiger charge is -2.11. The highest BCUT2D eigenvalue weighted by atomic mass is 32.2. The summed E-state index contributed by atoms with van der Waals surface area (Å²) in [6, 6.07) is 15.0. The van der Waals surface area contributed by atoms with Crippen LogP contribution < -0.4 is 10.6 Å². The smallest absolute Gasteiger partial charge is 0.255 e. The molecule has 9 heteroatoms. The van der Waals surface area contributed by atoms with E-state index < -0.39 is 9.84 Å². The monoisotopic (exact) mass is 466 g/mol. The highest BCUT2D eigenvalue weighted by molar-refractivity contribution is 7.90. The molecule has 0 bridgehead atoms. The van der Waals surface area contributed by atoms with E-state index in [-0.39, 0.29) is 35.0 Å². The fourth-order valence-electron chi connectivity index (χ4n) is 3.89. The quantitative estimate of drug-likeness (QED) is 0.530. The molecule has 2 N–H and O–H groups in total. The second-order valence-electron chi connectivity index (χ2n) is 8.20. The summed E-state index contributed by atoms with van der Waals surface area (Å²) in [5.74, 6) is -0.583. The Hall–Kier alpha value is -3.46. The number of sulfone groups is 1. The molecular weight excluding hydrogens is 440 g/mol. The molecule has 0 spiro atoms. The fraction of sp³-hybridized carbons (Fsp3) is 0.292. The van der Waals surface area contributed by atoms with Crippen molar-refractivity contribution in [1.82, 2.24) is 15.1 Å². The maximum atomic E-state index is 12.5. The van der Waals surface area contributed by atoms with E-state index >= 15 is 0 Å². The number of rotatable bonds is 8. The van der Waals surface area contributed by atoms with E-state index in [1.54, 1.807) is 60.8 Å². The maximum Gasteiger partial charge on any atom is 0.255 e. The largest absolute Gasteiger partial charge is 0.352 e. The van der Waals surface area contributed by atoms with Gasteiger partial charge in [0.2, 0.25) is 5.91 Å². The van der Waals surface area contributed by atoms with Crippen LogP contribution in [0.25, 0.3) is 0 Å². The van der Waals surface area contributed by atoms with Crippen molar-refractivity contribution in [2.75, 3.05) is 5.32 Å². The topological polar surface area (TPSA) is 110 Å². The predicted octanol–water partition coefficient (Wildman–Crippen LogP) is 3.17. The number of amides is 2. The molecule has 0 atom stereocenters. The van der Waals surface area contributed by atoms with Gasteiger partial charge in [0.05, 0.1) is 22.5 Å². The highest BCUT2D eigenvalue weighted by Crippen LogP contribution is 2.18. The molecule has 0 radical (unpaired) electrons. The summed E-state index contributed by atoms with van der Waals surface area (Å²) in [5.41, 5.74) is 1.46. The van der Waals surface area contributed by atoms with Gasteiger partial charge < -0.3 is 10.6 Å². The molecule has 1 saturated carbocycles. The summed E-state index contributed by atoms with van der Waals surface area (Å²) in [6.07, 6.45) is 7.42. The number of anilines is 1. The van der Waals surface area contributed by atoms with E-state index in [1.165, 1.54) is 10.9 Å². The van der Waals surface area contributed by atoms with Crippen LogP contribution in [0.5, 0.6) is 0 Å². The second-order valence-corrected chi connectivity index (χ2v) is 10.2. The summed E-state index contributed by atoms with van der Waals surface area (Å²) in [5, 5.41) is 9.89. The zero-order valence-corrected chi connectivity index (χ0v) is 18.9. The molecule has 8 nitrogen and oxygen atoms in total. The number of nitrogens with zero attached hydrogens (tertiary/aromatic N) is 2. The zero-order chi connectivity index (χ0) is 23.3. The molecule has 2 aromatic carbocycles. The highest BCUT2D eigenvalue weighted by Gasteiger charge is 2.18. The SMILES string of the molecule is O=C(Cn1cc(NC(=O)c2ccc(CS(=O)(=O)c3ccccc3)cc2)cn1)NC1CCCC1. The Labute approximate surface area is 192 Å². The summed E-state index contributed by atoms with van der Waals surface area (Å²) >= 11 is 0. The summed E-state index contributed by atoms with van der Waals surface area (Å²) in [6.45, 7) is 0.0942. The summed E-state index contributed by atoms with van der Waals surface area (Å²) in [4.78, 5) is 25.0. The number of carbonyl (C=O) groups is 2. The Morgan fingerprint density at radius 2 is 1.70 bits per heavy atom. The Kier molecular flexibility index (Phi) is 6.88. The number of carbonyl (C=O) groups excluding carboxylic acids is 2. The second kappa shape index (κ2) is 9.99. The predicted molar refractivity (Wildman–Crippen MR) is 124 cm³/mol. The van der Waals surface area contributed by atoms with Crippen molar-refractivity contribution in [3.05, 3.63) is 78.1 Å². The lowest BCUT2D eigenvalue weighted by atomic mass is 10.1. The van der Waals surface area contributed by atoms with Gasteiger partial charge in [-0.1, -0.05) is 43.2 Å². The van der Waals surface area contributed by atoms with Crippen LogP contribution in [0.2, 0.25) is 0 Å². The molecule has 1 aliphatic rings. The lowest BCUT2D eigenvalue weighted by molar-refractivity contribution is -0.122. The van der Waals surface area contributed by atoms with Gasteiger partial charge in [-0.2, -0.15) is 5.10 Å². The van der Waals surface area contributed by atoms with E-state index in [4.69, 9.17) is 0 Å². The van der Waals surface area contributed by atoms with Crippen molar-refractivity contribution in [1.29, 1.82) is 0 Å². The first-order chi connectivity index (χ1) is 15.9. The van der Waals surface area contributed by atoms with E-state index in [2.05, 4.69) is 15.7 Å². The van der Waals surface area contributed by atoms with Gasteiger partial charge in [0.25, 0.3) is 5.91 Å². The molecule has 0 saturated heterocycles. The van der Waals surface area contributed by atoms with Gasteiger partial charge in [0.1, 0.15) is 6.54 Å². The maximum absolute atomic E-state index is 12.5. The first-order valence-electron chi connectivity index (χ1n) is 10.9. The molecule has 1 aliphatic carbocycles. The summed E-state index contributed by atoms with van der Waals surface area (Å²) in [7, 11) is -3.45. The van der Waals surface area contributed by atoms with Crippen LogP contribution in [0.15, 0.2) is 71.9 Å². The van der Waals surface area contributed by atoms with E-state index in [0.717, 1.165) is 25.7 Å². The standard InChI is InChI=1S/C24H26N4O4S/c29-23(26-20-6-4-5-7-20)16-28-15-21(14-25-28)27-24(30)19-12-10-18(11-13-19)17-33(31,32)22-8-2-1-3-9-22/h1-3,8-15,20H,4-7,16-17H2,(H,26,29)(H,27,30). The number of benzene rings is 2. The number of hydrogen-bond donors (Lipinski definition) is 2. The van der Waals surface area contributed by atoms with Crippen LogP contribution in [0, 0.1) is 0 Å². The molecule has 0 aliphatic heterocycles. The van der Waals surface area contributed by atoms with Crippen molar-refractivity contribution in [2.45, 2.75) is 48.9 Å². The van der Waals surface area contributed by atoms with Crippen molar-refractivity contribution in [2.24, 2.45) is 0 Å². The van der Waals surface area contributed by atoms with Gasteiger partial charge in [-0.15, -0.1) is 0 Å². The average Bonchev–Trinajstić information content (AvgIpc) is 3.46. The molecule has 2 amide bonds. The average molecular weight is 467 g/mol. The third kappa shape index (κ3) is 6.07. The van der Waals surface area contributed by atoms with E-state index in [1.807, 2.05) is 0 Å². The molecule has 33 heavy (non-hydrogen) atoms.